The number of sulfonamides is 2. The van der Waals surface area contributed by atoms with Gasteiger partial charge in [0.25, 0.3) is 15.9 Å². The number of carbonyl (C=O) groups is 1. The Bertz CT molecular complexity index is 1650. The topological polar surface area (TPSA) is 140 Å². The van der Waals surface area contributed by atoms with Crippen LogP contribution in [0.4, 0.5) is 10.8 Å². The van der Waals surface area contributed by atoms with E-state index in [0.717, 1.165) is 16.9 Å². The molecule has 174 valence electrons. The molecule has 5 rings (SSSR count). The van der Waals surface area contributed by atoms with Crippen molar-refractivity contribution in [2.75, 3.05) is 16.2 Å². The summed E-state index contributed by atoms with van der Waals surface area (Å²) in [5.41, 5.74) is 2.42. The number of nitrogens with two attached hydrogens (primary N) is 1. The largest absolute Gasteiger partial charge is 0.298 e. The summed E-state index contributed by atoms with van der Waals surface area (Å²) in [6.45, 7) is 0.370. The first-order valence-corrected chi connectivity index (χ1v) is 13.9. The Morgan fingerprint density at radius 1 is 0.971 bits per heavy atom. The molecule has 3 N–H and O–H groups in total. The van der Waals surface area contributed by atoms with Crippen LogP contribution in [0.15, 0.2) is 76.5 Å². The van der Waals surface area contributed by atoms with Gasteiger partial charge in [0.2, 0.25) is 10.0 Å². The molecule has 0 aliphatic carbocycles. The van der Waals surface area contributed by atoms with Crippen LogP contribution in [0.2, 0.25) is 0 Å². The smallest absolute Gasteiger partial charge is 0.264 e. The number of para-hydroxylation sites is 1. The number of aromatic nitrogens is 1. The van der Waals surface area contributed by atoms with E-state index in [1.807, 2.05) is 12.1 Å². The Kier molecular flexibility index (Phi) is 5.40. The van der Waals surface area contributed by atoms with Crippen LogP contribution in [0.3, 0.4) is 0 Å². The Labute approximate surface area is 200 Å². The van der Waals surface area contributed by atoms with E-state index in [1.54, 1.807) is 12.1 Å². The number of fused-ring (bicyclic) bond motifs is 2. The summed E-state index contributed by atoms with van der Waals surface area (Å²) in [4.78, 5) is 17.0. The van der Waals surface area contributed by atoms with Gasteiger partial charge in [-0.05, 0) is 60.5 Å². The number of anilines is 2. The number of benzene rings is 3. The maximum Gasteiger partial charge on any atom is 0.264 e. The van der Waals surface area contributed by atoms with E-state index in [0.29, 0.717) is 28.9 Å². The summed E-state index contributed by atoms with van der Waals surface area (Å²) in [5, 5.41) is 8.09. The molecule has 1 amide bonds. The molecule has 1 aliphatic heterocycles. The van der Waals surface area contributed by atoms with Gasteiger partial charge in [-0.15, -0.1) is 0 Å². The highest BCUT2D eigenvalue weighted by Gasteiger charge is 2.30. The minimum absolute atomic E-state index is 0.0426. The van der Waals surface area contributed by atoms with Crippen LogP contribution in [0, 0.1) is 0 Å². The molecule has 3 aromatic carbocycles. The molecule has 0 radical (unpaired) electrons. The third-order valence-electron chi connectivity index (χ3n) is 5.46. The number of carbonyl (C=O) groups excluding carboxylic acids is 1. The number of nitrogens with zero attached hydrogens (tertiary/aromatic N) is 2. The van der Waals surface area contributed by atoms with Crippen molar-refractivity contribution >= 4 is 58.3 Å². The second-order valence-corrected chi connectivity index (χ2v) is 12.1. The molecule has 0 spiro atoms. The molecule has 1 aromatic heterocycles. The van der Waals surface area contributed by atoms with E-state index in [1.165, 1.54) is 46.8 Å². The number of primary sulfonamides is 1. The van der Waals surface area contributed by atoms with Gasteiger partial charge in [0.05, 0.1) is 25.7 Å². The molecule has 0 atom stereocenters. The lowest BCUT2D eigenvalue weighted by Gasteiger charge is -2.19. The minimum Gasteiger partial charge on any atom is -0.298 e. The third-order valence-corrected chi connectivity index (χ3v) is 9.13. The monoisotopic (exact) mass is 514 g/mol. The molecule has 2 heterocycles. The quantitative estimate of drug-likeness (QED) is 0.420. The van der Waals surface area contributed by atoms with Gasteiger partial charge >= 0.3 is 0 Å². The molecule has 34 heavy (non-hydrogen) atoms. The fraction of sp³-hybridized carbons (Fsp3) is 0.0909. The van der Waals surface area contributed by atoms with Crippen LogP contribution in [-0.4, -0.2) is 34.3 Å². The lowest BCUT2D eigenvalue weighted by atomic mass is 10.2. The molecular weight excluding hydrogens is 496 g/mol. The van der Waals surface area contributed by atoms with Gasteiger partial charge in [-0.2, -0.15) is 0 Å². The molecular formula is C22H18N4O5S3. The summed E-state index contributed by atoms with van der Waals surface area (Å²) in [5.74, 6) is -0.471. The van der Waals surface area contributed by atoms with Crippen molar-refractivity contribution in [3.63, 3.8) is 0 Å². The molecule has 9 nitrogen and oxygen atoms in total. The van der Waals surface area contributed by atoms with Crippen molar-refractivity contribution in [2.24, 2.45) is 5.14 Å². The van der Waals surface area contributed by atoms with Crippen LogP contribution in [0.25, 0.3) is 10.2 Å². The number of thiazole rings is 1. The molecule has 0 saturated carbocycles. The van der Waals surface area contributed by atoms with Crippen LogP contribution >= 0.6 is 11.3 Å². The van der Waals surface area contributed by atoms with Crippen molar-refractivity contribution in [1.29, 1.82) is 0 Å². The van der Waals surface area contributed by atoms with Crippen LogP contribution < -0.4 is 14.8 Å². The predicted molar refractivity (Wildman–Crippen MR) is 130 cm³/mol. The number of amides is 1. The summed E-state index contributed by atoms with van der Waals surface area (Å²) < 4.78 is 51.3. The van der Waals surface area contributed by atoms with Crippen LogP contribution in [0.1, 0.15) is 15.9 Å². The second-order valence-electron chi connectivity index (χ2n) is 7.63. The normalized spacial score (nSPS) is 13.7. The Balaban J connectivity index is 1.35. The average molecular weight is 515 g/mol. The van der Waals surface area contributed by atoms with Gasteiger partial charge < -0.3 is 0 Å². The van der Waals surface area contributed by atoms with E-state index in [2.05, 4.69) is 10.3 Å². The SMILES string of the molecule is NS(=O)(=O)c1ccc2nc(NC(=O)c3ccc(S(=O)(=O)N4CCc5ccccc54)cc3)sc2c1. The van der Waals surface area contributed by atoms with E-state index in [4.69, 9.17) is 5.14 Å². The lowest BCUT2D eigenvalue weighted by Crippen LogP contribution is -2.29. The predicted octanol–water partition coefficient (Wildman–Crippen LogP) is 2.95. The van der Waals surface area contributed by atoms with Crippen molar-refractivity contribution in [2.45, 2.75) is 16.2 Å². The maximum atomic E-state index is 13.1. The number of nitrogens with one attached hydrogen (secondary N) is 1. The maximum absolute atomic E-state index is 13.1. The fourth-order valence-electron chi connectivity index (χ4n) is 3.77. The standard InChI is InChI=1S/C22H18N4O5S3/c23-33(28,29)17-9-10-18-20(13-17)32-22(24-18)25-21(27)15-5-7-16(8-6-15)34(30,31)26-12-11-14-3-1-2-4-19(14)26/h1-10,13H,11-12H2,(H2,23,28,29)(H,24,25,27). The molecule has 0 bridgehead atoms. The highest BCUT2D eigenvalue weighted by Crippen LogP contribution is 2.33. The first-order valence-electron chi connectivity index (χ1n) is 10.1. The summed E-state index contributed by atoms with van der Waals surface area (Å²) in [6, 6.07) is 17.3. The molecule has 4 aromatic rings. The molecule has 12 heteroatoms. The first kappa shape index (κ1) is 22.5. The highest BCUT2D eigenvalue weighted by atomic mass is 32.2. The van der Waals surface area contributed by atoms with E-state index >= 15 is 0 Å². The van der Waals surface area contributed by atoms with E-state index < -0.39 is 26.0 Å². The summed E-state index contributed by atoms with van der Waals surface area (Å²) in [6.07, 6.45) is 0.650. The number of hydrogen-bond donors (Lipinski definition) is 2. The summed E-state index contributed by atoms with van der Waals surface area (Å²) in [7, 11) is -7.61. The Morgan fingerprint density at radius 3 is 2.41 bits per heavy atom. The van der Waals surface area contributed by atoms with Crippen LogP contribution in [-0.2, 0) is 26.5 Å². The second kappa shape index (κ2) is 8.17. The van der Waals surface area contributed by atoms with Crippen molar-refractivity contribution in [3.8, 4) is 0 Å². The highest BCUT2D eigenvalue weighted by molar-refractivity contribution is 7.92. The van der Waals surface area contributed by atoms with Gasteiger partial charge in [0.1, 0.15) is 0 Å². The van der Waals surface area contributed by atoms with E-state index in [-0.39, 0.29) is 20.5 Å². The molecule has 0 fully saturated rings. The lowest BCUT2D eigenvalue weighted by molar-refractivity contribution is 0.102. The fourth-order valence-corrected chi connectivity index (χ4v) is 6.79. The van der Waals surface area contributed by atoms with Crippen LogP contribution in [0.5, 0.6) is 0 Å². The Hall–Kier alpha value is -3.32. The minimum atomic E-state index is -3.85. The van der Waals surface area contributed by atoms with Gasteiger partial charge in [-0.25, -0.2) is 27.0 Å². The molecule has 1 aliphatic rings. The van der Waals surface area contributed by atoms with Gasteiger partial charge in [-0.3, -0.25) is 14.4 Å². The molecule has 0 unspecified atom stereocenters. The van der Waals surface area contributed by atoms with Gasteiger partial charge in [0, 0.05) is 12.1 Å². The van der Waals surface area contributed by atoms with Crippen molar-refractivity contribution in [3.05, 3.63) is 77.9 Å². The van der Waals surface area contributed by atoms with Crippen molar-refractivity contribution in [1.82, 2.24) is 4.98 Å². The zero-order valence-corrected chi connectivity index (χ0v) is 20.0. The number of hydrogen-bond acceptors (Lipinski definition) is 7. The number of rotatable bonds is 5. The zero-order chi connectivity index (χ0) is 24.1. The molecule has 0 saturated heterocycles. The van der Waals surface area contributed by atoms with E-state index in [9.17, 15) is 21.6 Å². The Morgan fingerprint density at radius 2 is 1.68 bits per heavy atom. The first-order chi connectivity index (χ1) is 16.1. The van der Waals surface area contributed by atoms with Gasteiger partial charge in [0.15, 0.2) is 5.13 Å². The van der Waals surface area contributed by atoms with Crippen molar-refractivity contribution < 1.29 is 21.6 Å². The van der Waals surface area contributed by atoms with Gasteiger partial charge in [-0.1, -0.05) is 29.5 Å². The summed E-state index contributed by atoms with van der Waals surface area (Å²) >= 11 is 1.10. The zero-order valence-electron chi connectivity index (χ0n) is 17.5. The third kappa shape index (κ3) is 4.05. The average Bonchev–Trinajstić information content (AvgIpc) is 3.42.